The van der Waals surface area contributed by atoms with Gasteiger partial charge in [-0.15, -0.1) is 0 Å². The van der Waals surface area contributed by atoms with Crippen molar-refractivity contribution in [2.75, 3.05) is 11.4 Å². The highest BCUT2D eigenvalue weighted by Crippen LogP contribution is 2.27. The van der Waals surface area contributed by atoms with Crippen molar-refractivity contribution in [3.05, 3.63) is 64.1 Å². The molecule has 3 rings (SSSR count). The molecule has 140 valence electrons. The quantitative estimate of drug-likeness (QED) is 0.755. The van der Waals surface area contributed by atoms with Crippen molar-refractivity contribution >= 4 is 39.6 Å². The van der Waals surface area contributed by atoms with Gasteiger partial charge in [0.15, 0.2) is 0 Å². The van der Waals surface area contributed by atoms with Crippen molar-refractivity contribution in [2.24, 2.45) is 0 Å². The number of halogens is 1. The first kappa shape index (κ1) is 18.9. The third kappa shape index (κ3) is 4.65. The maximum Gasteiger partial charge on any atom is 0.408 e. The lowest BCUT2D eigenvalue weighted by molar-refractivity contribution is -0.118. The lowest BCUT2D eigenvalue weighted by Crippen LogP contribution is -2.41. The Hall–Kier alpha value is -2.87. The fourth-order valence-corrected chi connectivity index (χ4v) is 3.31. The molecule has 1 aliphatic rings. The van der Waals surface area contributed by atoms with E-state index in [-0.39, 0.29) is 18.1 Å². The standard InChI is InChI=1S/C19H17BrN2O5/c20-14-8-13(18(24)25)9-15(10-14)22-7-6-16(17(22)23)21-19(26)27-11-12-4-2-1-3-5-12/h1-5,8-10,16H,6-7,11H2,(H,21,26)(H,24,25). The fourth-order valence-electron chi connectivity index (χ4n) is 2.83. The van der Waals surface area contributed by atoms with Crippen LogP contribution in [0.5, 0.6) is 0 Å². The molecule has 1 saturated heterocycles. The Bertz CT molecular complexity index is 872. The Morgan fingerprint density at radius 1 is 1.22 bits per heavy atom. The second-order valence-electron chi connectivity index (χ2n) is 6.04. The van der Waals surface area contributed by atoms with E-state index >= 15 is 0 Å². The van der Waals surface area contributed by atoms with Gasteiger partial charge >= 0.3 is 12.1 Å². The van der Waals surface area contributed by atoms with E-state index < -0.39 is 18.1 Å². The van der Waals surface area contributed by atoms with E-state index in [1.165, 1.54) is 17.0 Å². The summed E-state index contributed by atoms with van der Waals surface area (Å²) < 4.78 is 5.70. The van der Waals surface area contributed by atoms with Crippen molar-refractivity contribution in [3.63, 3.8) is 0 Å². The summed E-state index contributed by atoms with van der Waals surface area (Å²) in [5.74, 6) is -1.38. The Morgan fingerprint density at radius 3 is 2.67 bits per heavy atom. The molecule has 1 heterocycles. The Morgan fingerprint density at radius 2 is 1.96 bits per heavy atom. The van der Waals surface area contributed by atoms with Gasteiger partial charge in [0, 0.05) is 16.7 Å². The van der Waals surface area contributed by atoms with Gasteiger partial charge in [-0.1, -0.05) is 46.3 Å². The molecule has 27 heavy (non-hydrogen) atoms. The van der Waals surface area contributed by atoms with Gasteiger partial charge < -0.3 is 20.1 Å². The molecule has 2 amide bonds. The molecule has 1 fully saturated rings. The highest BCUT2D eigenvalue weighted by Gasteiger charge is 2.34. The molecule has 1 atom stereocenters. The van der Waals surface area contributed by atoms with Crippen LogP contribution in [0.3, 0.4) is 0 Å². The minimum absolute atomic E-state index is 0.0749. The molecule has 1 unspecified atom stereocenters. The molecule has 0 radical (unpaired) electrons. The topological polar surface area (TPSA) is 95.9 Å². The fraction of sp³-hybridized carbons (Fsp3) is 0.211. The summed E-state index contributed by atoms with van der Waals surface area (Å²) in [6.07, 6.45) is -0.256. The largest absolute Gasteiger partial charge is 0.478 e. The number of carbonyl (C=O) groups excluding carboxylic acids is 2. The van der Waals surface area contributed by atoms with E-state index in [1.54, 1.807) is 6.07 Å². The van der Waals surface area contributed by atoms with Crippen molar-refractivity contribution in [3.8, 4) is 0 Å². The highest BCUT2D eigenvalue weighted by atomic mass is 79.9. The summed E-state index contributed by atoms with van der Waals surface area (Å²) in [4.78, 5) is 37.2. The van der Waals surface area contributed by atoms with Crippen LogP contribution < -0.4 is 10.2 Å². The van der Waals surface area contributed by atoms with Gasteiger partial charge in [0.25, 0.3) is 0 Å². The van der Waals surface area contributed by atoms with E-state index in [1.807, 2.05) is 30.3 Å². The second-order valence-corrected chi connectivity index (χ2v) is 6.96. The minimum atomic E-state index is -1.08. The van der Waals surface area contributed by atoms with Crippen LogP contribution in [0.1, 0.15) is 22.3 Å². The third-order valence-electron chi connectivity index (χ3n) is 4.15. The number of anilines is 1. The number of rotatable bonds is 5. The molecule has 2 aromatic rings. The second kappa shape index (κ2) is 8.22. The summed E-state index contributed by atoms with van der Waals surface area (Å²) in [5.41, 5.74) is 1.39. The average Bonchev–Trinajstić information content (AvgIpc) is 3.01. The maximum atomic E-state index is 12.6. The number of amides is 2. The number of carboxylic acids is 1. The summed E-state index contributed by atoms with van der Waals surface area (Å²) in [6.45, 7) is 0.489. The number of alkyl carbamates (subject to hydrolysis) is 1. The van der Waals surface area contributed by atoms with Gasteiger partial charge in [0.1, 0.15) is 12.6 Å². The maximum absolute atomic E-state index is 12.6. The number of ether oxygens (including phenoxy) is 1. The number of aromatic carboxylic acids is 1. The van der Waals surface area contributed by atoms with Crippen molar-refractivity contribution in [1.29, 1.82) is 0 Å². The highest BCUT2D eigenvalue weighted by molar-refractivity contribution is 9.10. The van der Waals surface area contributed by atoms with Crippen LogP contribution in [-0.4, -0.2) is 35.7 Å². The molecular formula is C19H17BrN2O5. The van der Waals surface area contributed by atoms with Gasteiger partial charge in [-0.2, -0.15) is 0 Å². The summed E-state index contributed by atoms with van der Waals surface area (Å²) in [5, 5.41) is 11.7. The number of hydrogen-bond donors (Lipinski definition) is 2. The van der Waals surface area contributed by atoms with E-state index in [2.05, 4.69) is 21.2 Å². The van der Waals surface area contributed by atoms with Gasteiger partial charge in [0.05, 0.1) is 5.56 Å². The minimum Gasteiger partial charge on any atom is -0.478 e. The van der Waals surface area contributed by atoms with Crippen molar-refractivity contribution in [2.45, 2.75) is 19.1 Å². The number of nitrogens with one attached hydrogen (secondary N) is 1. The van der Waals surface area contributed by atoms with E-state index in [9.17, 15) is 14.4 Å². The monoisotopic (exact) mass is 432 g/mol. The first-order chi connectivity index (χ1) is 12.9. The molecule has 0 spiro atoms. The lowest BCUT2D eigenvalue weighted by Gasteiger charge is -2.18. The normalized spacial score (nSPS) is 16.3. The molecule has 2 N–H and O–H groups in total. The van der Waals surface area contributed by atoms with Crippen molar-refractivity contribution in [1.82, 2.24) is 5.32 Å². The van der Waals surface area contributed by atoms with E-state index in [4.69, 9.17) is 9.84 Å². The van der Waals surface area contributed by atoms with Crippen LogP contribution in [0, 0.1) is 0 Å². The molecular weight excluding hydrogens is 416 g/mol. The molecule has 0 bridgehead atoms. The molecule has 7 nitrogen and oxygen atoms in total. The predicted molar refractivity (Wildman–Crippen MR) is 102 cm³/mol. The van der Waals surface area contributed by atoms with Gasteiger partial charge in [0.2, 0.25) is 5.91 Å². The van der Waals surface area contributed by atoms with Crippen molar-refractivity contribution < 1.29 is 24.2 Å². The zero-order chi connectivity index (χ0) is 19.4. The summed E-state index contributed by atoms with van der Waals surface area (Å²) in [6, 6.07) is 13.1. The van der Waals surface area contributed by atoms with Crippen LogP contribution in [0.15, 0.2) is 53.0 Å². The molecule has 1 aliphatic heterocycles. The molecule has 0 saturated carbocycles. The molecule has 0 aliphatic carbocycles. The van der Waals surface area contributed by atoms with E-state index in [0.29, 0.717) is 23.1 Å². The van der Waals surface area contributed by atoms with E-state index in [0.717, 1.165) is 5.56 Å². The lowest BCUT2D eigenvalue weighted by atomic mass is 10.2. The Kier molecular flexibility index (Phi) is 5.75. The number of hydrogen-bond acceptors (Lipinski definition) is 4. The predicted octanol–water partition coefficient (Wildman–Crippen LogP) is 3.18. The zero-order valence-corrected chi connectivity index (χ0v) is 15.8. The number of benzene rings is 2. The molecule has 0 aromatic heterocycles. The average molecular weight is 433 g/mol. The number of nitrogens with zero attached hydrogens (tertiary/aromatic N) is 1. The number of carbonyl (C=O) groups is 3. The van der Waals surface area contributed by atoms with Gasteiger partial charge in [-0.05, 0) is 30.2 Å². The van der Waals surface area contributed by atoms with Gasteiger partial charge in [-0.25, -0.2) is 9.59 Å². The number of carboxylic acid groups (broad SMARTS) is 1. The first-order valence-corrected chi connectivity index (χ1v) is 9.06. The summed E-state index contributed by atoms with van der Waals surface area (Å²) >= 11 is 3.26. The van der Waals surface area contributed by atoms with Gasteiger partial charge in [-0.3, -0.25) is 4.79 Å². The van der Waals surface area contributed by atoms with Crippen LogP contribution in [0.4, 0.5) is 10.5 Å². The summed E-state index contributed by atoms with van der Waals surface area (Å²) in [7, 11) is 0. The van der Waals surface area contributed by atoms with Crippen LogP contribution in [0.25, 0.3) is 0 Å². The molecule has 8 heteroatoms. The first-order valence-electron chi connectivity index (χ1n) is 8.26. The van der Waals surface area contributed by atoms with Crippen LogP contribution >= 0.6 is 15.9 Å². The zero-order valence-electron chi connectivity index (χ0n) is 14.2. The smallest absolute Gasteiger partial charge is 0.408 e. The third-order valence-corrected chi connectivity index (χ3v) is 4.61. The van der Waals surface area contributed by atoms with Crippen LogP contribution in [-0.2, 0) is 16.1 Å². The Balaban J connectivity index is 1.61. The van der Waals surface area contributed by atoms with Crippen LogP contribution in [0.2, 0.25) is 0 Å². The molecule has 2 aromatic carbocycles. The SMILES string of the molecule is O=C(NC1CCN(c2cc(Br)cc(C(=O)O)c2)C1=O)OCc1ccccc1. The Labute approximate surface area is 164 Å².